The number of aromatic nitrogens is 2. The Kier molecular flexibility index (Phi) is 1.98. The van der Waals surface area contributed by atoms with Gasteiger partial charge in [0.05, 0.1) is 11.8 Å². The normalized spacial score (nSPS) is 28.8. The van der Waals surface area contributed by atoms with Crippen LogP contribution in [0.1, 0.15) is 25.2 Å². The van der Waals surface area contributed by atoms with Gasteiger partial charge in [-0.15, -0.1) is 0 Å². The molecule has 0 radical (unpaired) electrons. The number of hydrogen-bond donors (Lipinski definition) is 1. The van der Waals surface area contributed by atoms with Gasteiger partial charge < -0.3 is 4.90 Å². The van der Waals surface area contributed by atoms with Crippen molar-refractivity contribution in [1.82, 2.24) is 4.98 Å². The number of benzene rings is 2. The van der Waals surface area contributed by atoms with Crippen molar-refractivity contribution in [2.45, 2.75) is 31.3 Å². The molecule has 0 spiro atoms. The van der Waals surface area contributed by atoms with Crippen LogP contribution in [0, 0.1) is 0 Å². The van der Waals surface area contributed by atoms with Crippen molar-refractivity contribution in [1.29, 1.82) is 0 Å². The number of fused-ring (bicyclic) bond motifs is 7. The molecule has 2 aliphatic heterocycles. The molecular formula is C19H20N3+. The van der Waals surface area contributed by atoms with Gasteiger partial charge in [0.1, 0.15) is 0 Å². The van der Waals surface area contributed by atoms with Crippen LogP contribution in [-0.2, 0) is 17.5 Å². The van der Waals surface area contributed by atoms with Gasteiger partial charge in [0.25, 0.3) is 5.82 Å². The first-order valence-corrected chi connectivity index (χ1v) is 7.93. The van der Waals surface area contributed by atoms with E-state index >= 15 is 0 Å². The fraction of sp³-hybridized carbons (Fsp3) is 0.316. The van der Waals surface area contributed by atoms with Gasteiger partial charge in [-0.25, -0.2) is 9.55 Å². The largest absolute Gasteiger partial charge is 0.333 e. The minimum atomic E-state index is -0.0778. The zero-order valence-corrected chi connectivity index (χ0v) is 13.2. The average Bonchev–Trinajstić information content (AvgIpc) is 3.05. The Morgan fingerprint density at radius 2 is 1.77 bits per heavy atom. The Bertz CT molecular complexity index is 925. The third-order valence-electron chi connectivity index (χ3n) is 6.21. The highest BCUT2D eigenvalue weighted by atomic mass is 15.4. The van der Waals surface area contributed by atoms with Crippen LogP contribution in [-0.4, -0.2) is 12.0 Å². The zero-order valence-electron chi connectivity index (χ0n) is 13.2. The molecule has 3 heterocycles. The fourth-order valence-electron chi connectivity index (χ4n) is 4.84. The standard InChI is InChI=1S/C19H19N3/c1-18-12-17-20-14-9-5-7-11-16(14)22(17)19(18,2)21(3)15-10-6-4-8-13(15)18/h4-11H,12H2,1-3H3/p+1. The summed E-state index contributed by atoms with van der Waals surface area (Å²) in [6.45, 7) is 4.79. The van der Waals surface area contributed by atoms with Gasteiger partial charge in [-0.1, -0.05) is 30.3 Å². The first-order valence-electron chi connectivity index (χ1n) is 7.93. The maximum absolute atomic E-state index is 3.64. The van der Waals surface area contributed by atoms with Crippen molar-refractivity contribution in [3.8, 4) is 0 Å². The molecule has 3 aromatic rings. The van der Waals surface area contributed by atoms with E-state index in [-0.39, 0.29) is 11.1 Å². The molecule has 0 amide bonds. The van der Waals surface area contributed by atoms with E-state index in [2.05, 4.69) is 83.9 Å². The molecule has 1 aromatic heterocycles. The minimum Gasteiger partial charge on any atom is -0.333 e. The number of anilines is 1. The Labute approximate surface area is 130 Å². The molecule has 5 rings (SSSR count). The number of rotatable bonds is 0. The van der Waals surface area contributed by atoms with Crippen molar-refractivity contribution in [2.24, 2.45) is 0 Å². The molecule has 110 valence electrons. The Balaban J connectivity index is 1.88. The second kappa shape index (κ2) is 3.54. The lowest BCUT2D eigenvalue weighted by atomic mass is 9.74. The molecule has 2 aliphatic rings. The number of H-pyrrole nitrogens is 1. The molecule has 22 heavy (non-hydrogen) atoms. The van der Waals surface area contributed by atoms with Gasteiger partial charge in [0, 0.05) is 12.7 Å². The van der Waals surface area contributed by atoms with Crippen LogP contribution in [0.15, 0.2) is 48.5 Å². The van der Waals surface area contributed by atoms with Gasteiger partial charge in [-0.2, -0.15) is 0 Å². The summed E-state index contributed by atoms with van der Waals surface area (Å²) in [7, 11) is 2.23. The van der Waals surface area contributed by atoms with Crippen molar-refractivity contribution < 1.29 is 4.57 Å². The smallest absolute Gasteiger partial charge is 0.258 e. The molecule has 1 N–H and O–H groups in total. The Morgan fingerprint density at radius 3 is 2.64 bits per heavy atom. The van der Waals surface area contributed by atoms with Gasteiger partial charge >= 0.3 is 0 Å². The molecule has 3 heteroatoms. The van der Waals surface area contributed by atoms with Crippen molar-refractivity contribution in [3.05, 3.63) is 59.9 Å². The second-order valence-electron chi connectivity index (χ2n) is 7.03. The summed E-state index contributed by atoms with van der Waals surface area (Å²) in [6.07, 6.45) is 1.04. The highest BCUT2D eigenvalue weighted by molar-refractivity contribution is 5.73. The number of imidazole rings is 1. The number of nitrogens with zero attached hydrogens (tertiary/aromatic N) is 2. The number of likely N-dealkylation sites (N-methyl/N-ethyl adjacent to an activating group) is 1. The summed E-state index contributed by atoms with van der Waals surface area (Å²) in [5, 5.41) is 0. The summed E-state index contributed by atoms with van der Waals surface area (Å²) < 4.78 is 2.52. The maximum atomic E-state index is 3.64. The third-order valence-corrected chi connectivity index (χ3v) is 6.21. The average molecular weight is 290 g/mol. The SMILES string of the molecule is CN1c2ccccc2C2(C)Cc3[nH]c4ccccc4[n+]3C12C. The monoisotopic (exact) mass is 290 g/mol. The molecule has 2 aromatic carbocycles. The van der Waals surface area contributed by atoms with E-state index in [9.17, 15) is 0 Å². The second-order valence-corrected chi connectivity index (χ2v) is 7.03. The van der Waals surface area contributed by atoms with Crippen LogP contribution in [0.25, 0.3) is 11.0 Å². The number of nitrogens with one attached hydrogen (secondary N) is 1. The van der Waals surface area contributed by atoms with E-state index < -0.39 is 0 Å². The topological polar surface area (TPSA) is 22.9 Å². The van der Waals surface area contributed by atoms with E-state index in [4.69, 9.17) is 0 Å². The van der Waals surface area contributed by atoms with Gasteiger partial charge in [-0.3, -0.25) is 0 Å². The van der Waals surface area contributed by atoms with Crippen LogP contribution in [0.3, 0.4) is 0 Å². The molecule has 2 unspecified atom stereocenters. The van der Waals surface area contributed by atoms with Gasteiger partial charge in [0.2, 0.25) is 0 Å². The van der Waals surface area contributed by atoms with Crippen molar-refractivity contribution in [3.63, 3.8) is 0 Å². The molecule has 2 atom stereocenters. The van der Waals surface area contributed by atoms with E-state index in [0.717, 1.165) is 6.42 Å². The number of para-hydroxylation sites is 3. The highest BCUT2D eigenvalue weighted by Gasteiger charge is 2.66. The highest BCUT2D eigenvalue weighted by Crippen LogP contribution is 2.55. The Morgan fingerprint density at radius 1 is 1.05 bits per heavy atom. The van der Waals surface area contributed by atoms with Crippen LogP contribution in [0.5, 0.6) is 0 Å². The quantitative estimate of drug-likeness (QED) is 0.632. The molecule has 0 bridgehead atoms. The van der Waals surface area contributed by atoms with Crippen LogP contribution < -0.4 is 9.47 Å². The molecule has 3 nitrogen and oxygen atoms in total. The van der Waals surface area contributed by atoms with Crippen LogP contribution in [0.4, 0.5) is 5.69 Å². The predicted molar refractivity (Wildman–Crippen MR) is 88.0 cm³/mol. The maximum Gasteiger partial charge on any atom is 0.258 e. The first kappa shape index (κ1) is 12.3. The van der Waals surface area contributed by atoms with Gasteiger partial charge in [-0.05, 0) is 37.6 Å². The zero-order chi connectivity index (χ0) is 15.1. The molecule has 0 saturated heterocycles. The summed E-state index contributed by atoms with van der Waals surface area (Å²) >= 11 is 0. The fourth-order valence-corrected chi connectivity index (χ4v) is 4.84. The lowest BCUT2D eigenvalue weighted by Crippen LogP contribution is -2.65. The molecule has 0 aliphatic carbocycles. The molecule has 0 fully saturated rings. The van der Waals surface area contributed by atoms with Crippen LogP contribution >= 0.6 is 0 Å². The summed E-state index contributed by atoms with van der Waals surface area (Å²) in [6, 6.07) is 17.5. The van der Waals surface area contributed by atoms with E-state index in [1.807, 2.05) is 0 Å². The Hall–Kier alpha value is -2.29. The summed E-state index contributed by atoms with van der Waals surface area (Å²) in [4.78, 5) is 6.10. The molecule has 0 saturated carbocycles. The number of hydrogen-bond acceptors (Lipinski definition) is 1. The number of aromatic amines is 1. The van der Waals surface area contributed by atoms with E-state index in [1.165, 1.54) is 28.1 Å². The van der Waals surface area contributed by atoms with E-state index in [1.54, 1.807) is 0 Å². The van der Waals surface area contributed by atoms with Crippen molar-refractivity contribution >= 4 is 16.7 Å². The molecular weight excluding hydrogens is 270 g/mol. The predicted octanol–water partition coefficient (Wildman–Crippen LogP) is 3.09. The summed E-state index contributed by atoms with van der Waals surface area (Å²) in [5.74, 6) is 1.33. The van der Waals surface area contributed by atoms with Crippen molar-refractivity contribution in [2.75, 3.05) is 11.9 Å². The first-order chi connectivity index (χ1) is 10.6. The van der Waals surface area contributed by atoms with Crippen LogP contribution in [0.2, 0.25) is 0 Å². The minimum absolute atomic E-state index is 0.0778. The lowest BCUT2D eigenvalue weighted by molar-refractivity contribution is -0.734. The summed E-state index contributed by atoms with van der Waals surface area (Å²) in [5.41, 5.74) is 5.35. The van der Waals surface area contributed by atoms with Gasteiger partial charge in [0.15, 0.2) is 16.7 Å². The lowest BCUT2D eigenvalue weighted by Gasteiger charge is -2.37. The van der Waals surface area contributed by atoms with E-state index in [0.29, 0.717) is 0 Å². The third kappa shape index (κ3) is 1.08.